The van der Waals surface area contributed by atoms with Crippen molar-refractivity contribution < 1.29 is 4.74 Å². The molecule has 0 spiro atoms. The molecule has 1 rings (SSSR count). The van der Waals surface area contributed by atoms with Crippen LogP contribution < -0.4 is 5.32 Å². The van der Waals surface area contributed by atoms with E-state index in [1.54, 1.807) is 0 Å². The van der Waals surface area contributed by atoms with Crippen LogP contribution in [0.4, 0.5) is 0 Å². The van der Waals surface area contributed by atoms with Crippen molar-refractivity contribution in [2.24, 2.45) is 0 Å². The zero-order valence-corrected chi connectivity index (χ0v) is 11.9. The van der Waals surface area contributed by atoms with E-state index in [0.717, 1.165) is 32.8 Å². The second-order valence-electron chi connectivity index (χ2n) is 4.19. The van der Waals surface area contributed by atoms with Gasteiger partial charge in [0.15, 0.2) is 0 Å². The average molecular weight is 256 g/mol. The van der Waals surface area contributed by atoms with Gasteiger partial charge in [-0.2, -0.15) is 0 Å². The summed E-state index contributed by atoms with van der Waals surface area (Å²) >= 11 is 1.81. The standard InChI is InChI=1S/C13H24N2OS/c1-4-16-10-9-15(3)8-7-14-12(2)13-6-5-11-17-13/h5-6,11-12,14H,4,7-10H2,1-3H3. The van der Waals surface area contributed by atoms with Crippen molar-refractivity contribution >= 4 is 11.3 Å². The number of ether oxygens (including phenoxy) is 1. The summed E-state index contributed by atoms with van der Waals surface area (Å²) in [6.45, 7) is 8.96. The van der Waals surface area contributed by atoms with Crippen molar-refractivity contribution in [2.75, 3.05) is 39.9 Å². The van der Waals surface area contributed by atoms with Gasteiger partial charge in [0, 0.05) is 37.2 Å². The third-order valence-electron chi connectivity index (χ3n) is 2.74. The fourth-order valence-electron chi connectivity index (χ4n) is 1.59. The number of likely N-dealkylation sites (N-methyl/N-ethyl adjacent to an activating group) is 1. The van der Waals surface area contributed by atoms with Gasteiger partial charge in [-0.05, 0) is 32.3 Å². The van der Waals surface area contributed by atoms with Crippen LogP contribution in [0.2, 0.25) is 0 Å². The van der Waals surface area contributed by atoms with E-state index < -0.39 is 0 Å². The van der Waals surface area contributed by atoms with E-state index in [2.05, 4.69) is 41.7 Å². The molecule has 98 valence electrons. The summed E-state index contributed by atoms with van der Waals surface area (Å²) < 4.78 is 5.33. The van der Waals surface area contributed by atoms with Gasteiger partial charge in [0.25, 0.3) is 0 Å². The number of hydrogen-bond acceptors (Lipinski definition) is 4. The smallest absolute Gasteiger partial charge is 0.0593 e. The number of nitrogens with zero attached hydrogens (tertiary/aromatic N) is 1. The van der Waals surface area contributed by atoms with E-state index in [9.17, 15) is 0 Å². The maximum absolute atomic E-state index is 5.33. The van der Waals surface area contributed by atoms with E-state index >= 15 is 0 Å². The molecule has 0 saturated carbocycles. The molecule has 4 heteroatoms. The molecule has 0 radical (unpaired) electrons. The van der Waals surface area contributed by atoms with Crippen LogP contribution in [-0.2, 0) is 4.74 Å². The molecule has 0 aliphatic heterocycles. The third kappa shape index (κ3) is 6.17. The van der Waals surface area contributed by atoms with Crippen LogP contribution in [0.25, 0.3) is 0 Å². The normalized spacial score (nSPS) is 13.2. The first-order chi connectivity index (χ1) is 8.24. The Morgan fingerprint density at radius 1 is 1.47 bits per heavy atom. The minimum atomic E-state index is 0.454. The van der Waals surface area contributed by atoms with Crippen LogP contribution in [0.3, 0.4) is 0 Å². The molecule has 1 heterocycles. The topological polar surface area (TPSA) is 24.5 Å². The second kappa shape index (κ2) is 8.64. The van der Waals surface area contributed by atoms with E-state index in [1.807, 2.05) is 18.3 Å². The van der Waals surface area contributed by atoms with Crippen LogP contribution in [-0.4, -0.2) is 44.8 Å². The summed E-state index contributed by atoms with van der Waals surface area (Å²) in [5.74, 6) is 0. The summed E-state index contributed by atoms with van der Waals surface area (Å²) in [6, 6.07) is 4.74. The highest BCUT2D eigenvalue weighted by atomic mass is 32.1. The first-order valence-corrected chi connectivity index (χ1v) is 7.15. The van der Waals surface area contributed by atoms with E-state index in [4.69, 9.17) is 4.74 Å². The first-order valence-electron chi connectivity index (χ1n) is 6.27. The SMILES string of the molecule is CCOCCN(C)CCNC(C)c1cccs1. The molecule has 0 saturated heterocycles. The zero-order chi connectivity index (χ0) is 12.5. The highest BCUT2D eigenvalue weighted by Crippen LogP contribution is 2.17. The Kier molecular flexibility index (Phi) is 7.44. The number of rotatable bonds is 9. The molecule has 0 aromatic carbocycles. The highest BCUT2D eigenvalue weighted by Gasteiger charge is 2.05. The summed E-state index contributed by atoms with van der Waals surface area (Å²) in [7, 11) is 2.14. The van der Waals surface area contributed by atoms with Gasteiger partial charge >= 0.3 is 0 Å². The van der Waals surface area contributed by atoms with Crippen LogP contribution in [0.15, 0.2) is 17.5 Å². The molecule has 0 fully saturated rings. The van der Waals surface area contributed by atoms with Crippen molar-refractivity contribution in [3.8, 4) is 0 Å². The maximum Gasteiger partial charge on any atom is 0.0593 e. The van der Waals surface area contributed by atoms with Gasteiger partial charge in [-0.3, -0.25) is 0 Å². The highest BCUT2D eigenvalue weighted by molar-refractivity contribution is 7.10. The summed E-state index contributed by atoms with van der Waals surface area (Å²) in [5, 5.41) is 5.66. The van der Waals surface area contributed by atoms with Gasteiger partial charge in [-0.15, -0.1) is 11.3 Å². The third-order valence-corrected chi connectivity index (χ3v) is 3.79. The molecule has 1 aromatic heterocycles. The van der Waals surface area contributed by atoms with Crippen LogP contribution in [0.1, 0.15) is 24.8 Å². The first kappa shape index (κ1) is 14.6. The minimum absolute atomic E-state index is 0.454. The molecule has 1 atom stereocenters. The Balaban J connectivity index is 2.06. The Morgan fingerprint density at radius 2 is 2.29 bits per heavy atom. The van der Waals surface area contributed by atoms with E-state index in [1.165, 1.54) is 4.88 Å². The average Bonchev–Trinajstić information content (AvgIpc) is 2.82. The summed E-state index contributed by atoms with van der Waals surface area (Å²) in [4.78, 5) is 3.70. The fourth-order valence-corrected chi connectivity index (χ4v) is 2.35. The summed E-state index contributed by atoms with van der Waals surface area (Å²) in [5.41, 5.74) is 0. The van der Waals surface area contributed by atoms with Gasteiger partial charge < -0.3 is 15.0 Å². The molecular formula is C13H24N2OS. The quantitative estimate of drug-likeness (QED) is 0.687. The molecule has 1 unspecified atom stereocenters. The Morgan fingerprint density at radius 3 is 2.94 bits per heavy atom. The van der Waals surface area contributed by atoms with Crippen LogP contribution in [0, 0.1) is 0 Å². The van der Waals surface area contributed by atoms with Crippen molar-refractivity contribution in [3.63, 3.8) is 0 Å². The molecular weight excluding hydrogens is 232 g/mol. The molecule has 1 aromatic rings. The predicted octanol–water partition coefficient (Wildman–Crippen LogP) is 2.37. The molecule has 0 aliphatic carbocycles. The number of thiophene rings is 1. The second-order valence-corrected chi connectivity index (χ2v) is 5.17. The molecule has 17 heavy (non-hydrogen) atoms. The number of nitrogens with one attached hydrogen (secondary N) is 1. The molecule has 0 amide bonds. The van der Waals surface area contributed by atoms with Crippen molar-refractivity contribution in [2.45, 2.75) is 19.9 Å². The predicted molar refractivity (Wildman–Crippen MR) is 74.7 cm³/mol. The largest absolute Gasteiger partial charge is 0.380 e. The van der Waals surface area contributed by atoms with Crippen LogP contribution in [0.5, 0.6) is 0 Å². The fraction of sp³-hybridized carbons (Fsp3) is 0.692. The van der Waals surface area contributed by atoms with Gasteiger partial charge in [0.2, 0.25) is 0 Å². The van der Waals surface area contributed by atoms with E-state index in [-0.39, 0.29) is 0 Å². The number of hydrogen-bond donors (Lipinski definition) is 1. The van der Waals surface area contributed by atoms with Crippen molar-refractivity contribution in [1.82, 2.24) is 10.2 Å². The molecule has 1 N–H and O–H groups in total. The minimum Gasteiger partial charge on any atom is -0.380 e. The lowest BCUT2D eigenvalue weighted by atomic mass is 10.3. The van der Waals surface area contributed by atoms with Crippen molar-refractivity contribution in [3.05, 3.63) is 22.4 Å². The summed E-state index contributed by atoms with van der Waals surface area (Å²) in [6.07, 6.45) is 0. The Hall–Kier alpha value is -0.420. The van der Waals surface area contributed by atoms with Crippen molar-refractivity contribution in [1.29, 1.82) is 0 Å². The molecule has 0 bridgehead atoms. The lowest BCUT2D eigenvalue weighted by Crippen LogP contribution is -2.32. The van der Waals surface area contributed by atoms with Gasteiger partial charge in [-0.25, -0.2) is 0 Å². The lowest BCUT2D eigenvalue weighted by molar-refractivity contribution is 0.122. The lowest BCUT2D eigenvalue weighted by Gasteiger charge is -2.18. The molecule has 0 aliphatic rings. The van der Waals surface area contributed by atoms with Crippen LogP contribution >= 0.6 is 11.3 Å². The Bertz CT molecular complexity index is 277. The Labute approximate surface area is 109 Å². The van der Waals surface area contributed by atoms with E-state index in [0.29, 0.717) is 6.04 Å². The van der Waals surface area contributed by atoms with Gasteiger partial charge in [0.1, 0.15) is 0 Å². The molecule has 3 nitrogen and oxygen atoms in total. The monoisotopic (exact) mass is 256 g/mol. The maximum atomic E-state index is 5.33. The van der Waals surface area contributed by atoms with Gasteiger partial charge in [0.05, 0.1) is 6.61 Å². The zero-order valence-electron chi connectivity index (χ0n) is 11.1. The van der Waals surface area contributed by atoms with Gasteiger partial charge in [-0.1, -0.05) is 6.07 Å².